The maximum atomic E-state index is 12.8. The summed E-state index contributed by atoms with van der Waals surface area (Å²) < 4.78 is 44.3. The quantitative estimate of drug-likeness (QED) is 0.741. The number of ether oxygens (including phenoxy) is 1. The van der Waals surface area contributed by atoms with Crippen molar-refractivity contribution in [1.29, 1.82) is 0 Å². The molecule has 0 spiro atoms. The molecule has 154 valence electrons. The highest BCUT2D eigenvalue weighted by atomic mass is 19.4. The SMILES string of the molecule is CC(=O)O.CNc1ccc(C(F)(F)F)nc1OC1CCC(C(C)(C)C)CC1. The molecule has 5 nitrogen and oxygen atoms in total. The van der Waals surface area contributed by atoms with Crippen molar-refractivity contribution in [2.45, 2.75) is 65.7 Å². The minimum Gasteiger partial charge on any atom is -0.481 e. The van der Waals surface area contributed by atoms with Gasteiger partial charge in [0.2, 0.25) is 5.88 Å². The number of carboxylic acid groups (broad SMARTS) is 1. The Bertz CT molecular complexity index is 616. The molecule has 1 heterocycles. The van der Waals surface area contributed by atoms with Gasteiger partial charge in [-0.3, -0.25) is 4.79 Å². The number of hydrogen-bond donors (Lipinski definition) is 2. The number of aromatic nitrogens is 1. The Kier molecular flexibility index (Phi) is 7.92. The summed E-state index contributed by atoms with van der Waals surface area (Å²) in [5.41, 5.74) is -0.180. The molecule has 8 heteroatoms. The number of pyridine rings is 1. The lowest BCUT2D eigenvalue weighted by molar-refractivity contribution is -0.141. The maximum absolute atomic E-state index is 12.8. The van der Waals surface area contributed by atoms with Gasteiger partial charge in [0.1, 0.15) is 11.8 Å². The predicted octanol–water partition coefficient (Wildman–Crippen LogP) is 5.22. The van der Waals surface area contributed by atoms with Crippen LogP contribution in [0.4, 0.5) is 18.9 Å². The number of halogens is 3. The number of nitrogens with one attached hydrogen (secondary N) is 1. The maximum Gasteiger partial charge on any atom is 0.433 e. The van der Waals surface area contributed by atoms with Crippen LogP contribution >= 0.6 is 0 Å². The molecule has 27 heavy (non-hydrogen) atoms. The van der Waals surface area contributed by atoms with Gasteiger partial charge in [0.15, 0.2) is 0 Å². The molecule has 0 atom stereocenters. The molecular formula is C19H29F3N2O3. The van der Waals surface area contributed by atoms with E-state index in [1.54, 1.807) is 7.05 Å². The average Bonchev–Trinajstić information content (AvgIpc) is 2.53. The Balaban J connectivity index is 0.000000828. The second kappa shape index (κ2) is 9.28. The Labute approximate surface area is 158 Å². The lowest BCUT2D eigenvalue weighted by atomic mass is 9.72. The van der Waals surface area contributed by atoms with Gasteiger partial charge in [0.25, 0.3) is 5.97 Å². The first kappa shape index (κ1) is 23.0. The first-order valence-electron chi connectivity index (χ1n) is 8.96. The zero-order valence-electron chi connectivity index (χ0n) is 16.5. The molecule has 1 aliphatic carbocycles. The van der Waals surface area contributed by atoms with Crippen molar-refractivity contribution in [2.24, 2.45) is 11.3 Å². The molecule has 1 saturated carbocycles. The van der Waals surface area contributed by atoms with Crippen LogP contribution < -0.4 is 10.1 Å². The summed E-state index contributed by atoms with van der Waals surface area (Å²) in [5.74, 6) is -0.165. The van der Waals surface area contributed by atoms with Crippen molar-refractivity contribution in [3.63, 3.8) is 0 Å². The zero-order valence-corrected chi connectivity index (χ0v) is 16.5. The molecule has 2 rings (SSSR count). The number of alkyl halides is 3. The van der Waals surface area contributed by atoms with E-state index in [9.17, 15) is 13.2 Å². The summed E-state index contributed by atoms with van der Waals surface area (Å²) in [6.07, 6.45) is -0.777. The molecule has 0 amide bonds. The van der Waals surface area contributed by atoms with Crippen LogP contribution in [0.15, 0.2) is 12.1 Å². The van der Waals surface area contributed by atoms with E-state index in [1.807, 2.05) is 0 Å². The second-order valence-corrected chi connectivity index (χ2v) is 7.77. The van der Waals surface area contributed by atoms with Gasteiger partial charge in [-0.1, -0.05) is 20.8 Å². The molecule has 1 aromatic heterocycles. The Morgan fingerprint density at radius 1 is 1.19 bits per heavy atom. The number of hydrogen-bond acceptors (Lipinski definition) is 4. The fraction of sp³-hybridized carbons (Fsp3) is 0.684. The highest BCUT2D eigenvalue weighted by Gasteiger charge is 2.34. The fourth-order valence-electron chi connectivity index (χ4n) is 3.08. The monoisotopic (exact) mass is 390 g/mol. The van der Waals surface area contributed by atoms with Gasteiger partial charge in [-0.25, -0.2) is 4.98 Å². The lowest BCUT2D eigenvalue weighted by Gasteiger charge is -2.36. The Morgan fingerprint density at radius 3 is 2.11 bits per heavy atom. The molecular weight excluding hydrogens is 361 g/mol. The van der Waals surface area contributed by atoms with Crippen molar-refractivity contribution < 1.29 is 27.8 Å². The van der Waals surface area contributed by atoms with Crippen molar-refractivity contribution in [3.05, 3.63) is 17.8 Å². The van der Waals surface area contributed by atoms with Crippen LogP contribution in [0.25, 0.3) is 0 Å². The molecule has 0 aliphatic heterocycles. The number of anilines is 1. The predicted molar refractivity (Wildman–Crippen MR) is 97.9 cm³/mol. The highest BCUT2D eigenvalue weighted by Crippen LogP contribution is 2.39. The molecule has 0 unspecified atom stereocenters. The van der Waals surface area contributed by atoms with Crippen LogP contribution in [-0.4, -0.2) is 29.2 Å². The van der Waals surface area contributed by atoms with Crippen LogP contribution in [-0.2, 0) is 11.0 Å². The van der Waals surface area contributed by atoms with Gasteiger partial charge < -0.3 is 15.2 Å². The summed E-state index contributed by atoms with van der Waals surface area (Å²) in [7, 11) is 1.65. The zero-order chi connectivity index (χ0) is 20.8. The van der Waals surface area contributed by atoms with Gasteiger partial charge in [0.05, 0.1) is 5.69 Å². The number of carbonyl (C=O) groups is 1. The smallest absolute Gasteiger partial charge is 0.433 e. The summed E-state index contributed by atoms with van der Waals surface area (Å²) in [4.78, 5) is 12.7. The molecule has 1 aromatic rings. The van der Waals surface area contributed by atoms with Gasteiger partial charge in [0, 0.05) is 14.0 Å². The highest BCUT2D eigenvalue weighted by molar-refractivity contribution is 5.63. The summed E-state index contributed by atoms with van der Waals surface area (Å²) >= 11 is 0. The average molecular weight is 390 g/mol. The van der Waals surface area contributed by atoms with E-state index in [1.165, 1.54) is 6.07 Å². The lowest BCUT2D eigenvalue weighted by Crippen LogP contribution is -2.31. The van der Waals surface area contributed by atoms with E-state index in [0.717, 1.165) is 38.7 Å². The first-order chi connectivity index (χ1) is 12.3. The van der Waals surface area contributed by atoms with E-state index in [-0.39, 0.29) is 17.4 Å². The molecule has 0 saturated heterocycles. The number of rotatable bonds is 3. The Morgan fingerprint density at radius 2 is 1.70 bits per heavy atom. The van der Waals surface area contributed by atoms with E-state index >= 15 is 0 Å². The molecule has 2 N–H and O–H groups in total. The second-order valence-electron chi connectivity index (χ2n) is 7.77. The third kappa shape index (κ3) is 7.64. The third-order valence-corrected chi connectivity index (χ3v) is 4.60. The number of nitrogens with zero attached hydrogens (tertiary/aromatic N) is 1. The van der Waals surface area contributed by atoms with Gasteiger partial charge >= 0.3 is 6.18 Å². The van der Waals surface area contributed by atoms with Crippen LogP contribution in [0, 0.1) is 11.3 Å². The van der Waals surface area contributed by atoms with Crippen molar-refractivity contribution in [1.82, 2.24) is 4.98 Å². The summed E-state index contributed by atoms with van der Waals surface area (Å²) in [6, 6.07) is 2.33. The number of carboxylic acids is 1. The van der Waals surface area contributed by atoms with Gasteiger partial charge in [-0.05, 0) is 49.1 Å². The first-order valence-corrected chi connectivity index (χ1v) is 8.96. The largest absolute Gasteiger partial charge is 0.481 e. The van der Waals surface area contributed by atoms with Crippen LogP contribution in [0.2, 0.25) is 0 Å². The number of aliphatic carboxylic acids is 1. The van der Waals surface area contributed by atoms with Crippen molar-refractivity contribution in [2.75, 3.05) is 12.4 Å². The summed E-state index contributed by atoms with van der Waals surface area (Å²) in [6.45, 7) is 7.77. The molecule has 0 bridgehead atoms. The van der Waals surface area contributed by atoms with E-state index in [2.05, 4.69) is 31.1 Å². The van der Waals surface area contributed by atoms with E-state index < -0.39 is 17.8 Å². The van der Waals surface area contributed by atoms with Crippen LogP contribution in [0.5, 0.6) is 5.88 Å². The van der Waals surface area contributed by atoms with Crippen LogP contribution in [0.3, 0.4) is 0 Å². The van der Waals surface area contributed by atoms with Gasteiger partial charge in [-0.2, -0.15) is 13.2 Å². The topological polar surface area (TPSA) is 71.5 Å². The molecule has 0 aromatic carbocycles. The molecule has 1 aliphatic rings. The fourth-order valence-corrected chi connectivity index (χ4v) is 3.08. The normalized spacial score (nSPS) is 20.3. The summed E-state index contributed by atoms with van der Waals surface area (Å²) in [5, 5.41) is 10.3. The van der Waals surface area contributed by atoms with Crippen molar-refractivity contribution in [3.8, 4) is 5.88 Å². The molecule has 1 fully saturated rings. The van der Waals surface area contributed by atoms with Crippen LogP contribution in [0.1, 0.15) is 59.1 Å². The third-order valence-electron chi connectivity index (χ3n) is 4.60. The van der Waals surface area contributed by atoms with Crippen molar-refractivity contribution >= 4 is 11.7 Å². The van der Waals surface area contributed by atoms with Gasteiger partial charge in [-0.15, -0.1) is 0 Å². The van der Waals surface area contributed by atoms with E-state index in [4.69, 9.17) is 14.6 Å². The molecule has 0 radical (unpaired) electrons. The van der Waals surface area contributed by atoms with E-state index in [0.29, 0.717) is 11.6 Å². The Hall–Kier alpha value is -1.99. The minimum absolute atomic E-state index is 0.0431. The minimum atomic E-state index is -4.46. The standard InChI is InChI=1S/C17H25F3N2O.C2H4O2/c1-16(2,3)11-5-7-12(8-6-11)23-15-13(21-4)9-10-14(22-15)17(18,19)20;1-2(3)4/h9-12,21H,5-8H2,1-4H3;1H3,(H,3,4).